The van der Waals surface area contributed by atoms with E-state index in [-0.39, 0.29) is 30.2 Å². The van der Waals surface area contributed by atoms with Crippen LogP contribution in [0.4, 0.5) is 0 Å². The molecule has 1 saturated heterocycles. The number of nitrogens with one attached hydrogen (secondary N) is 2. The lowest BCUT2D eigenvalue weighted by molar-refractivity contribution is -0.124. The molecule has 1 atom stereocenters. The molecular weight excluding hydrogens is 454 g/mol. The Hall–Kier alpha value is -3.59. The van der Waals surface area contributed by atoms with Crippen LogP contribution in [0.15, 0.2) is 64.6 Å². The molecule has 8 nitrogen and oxygen atoms in total. The predicted molar refractivity (Wildman–Crippen MR) is 128 cm³/mol. The highest BCUT2D eigenvalue weighted by atomic mass is 32.1. The maximum atomic E-state index is 13.2. The summed E-state index contributed by atoms with van der Waals surface area (Å²) in [4.78, 5) is 41.4. The minimum atomic E-state index is -0.743. The summed E-state index contributed by atoms with van der Waals surface area (Å²) < 4.78 is 10.5. The van der Waals surface area contributed by atoms with Gasteiger partial charge in [0.1, 0.15) is 17.6 Å². The molecule has 3 amide bonds. The molecular formula is C25H27N3O5S. The van der Waals surface area contributed by atoms with E-state index in [1.54, 1.807) is 42.7 Å². The fourth-order valence-electron chi connectivity index (χ4n) is 4.08. The molecule has 1 fully saturated rings. The Morgan fingerprint density at radius 2 is 1.97 bits per heavy atom. The number of ether oxygens (including phenoxy) is 1. The Bertz CT molecular complexity index is 1110. The molecule has 0 unspecified atom stereocenters. The van der Waals surface area contributed by atoms with Crippen molar-refractivity contribution >= 4 is 29.1 Å². The molecule has 3 aromatic rings. The van der Waals surface area contributed by atoms with Gasteiger partial charge in [-0.1, -0.05) is 12.1 Å². The highest BCUT2D eigenvalue weighted by Gasteiger charge is 2.34. The first-order valence-corrected chi connectivity index (χ1v) is 12.0. The first-order chi connectivity index (χ1) is 16.5. The van der Waals surface area contributed by atoms with Gasteiger partial charge in [0.15, 0.2) is 0 Å². The third kappa shape index (κ3) is 5.66. The Labute approximate surface area is 201 Å². The van der Waals surface area contributed by atoms with Crippen molar-refractivity contribution in [3.05, 3.63) is 76.4 Å². The molecule has 2 aromatic heterocycles. The average molecular weight is 482 g/mol. The number of furan rings is 1. The van der Waals surface area contributed by atoms with Gasteiger partial charge in [-0.25, -0.2) is 0 Å². The van der Waals surface area contributed by atoms with E-state index in [1.807, 2.05) is 22.4 Å². The number of benzene rings is 1. The minimum absolute atomic E-state index is 0.00712. The largest absolute Gasteiger partial charge is 0.497 e. The molecule has 0 aliphatic carbocycles. The number of hydrogen-bond donors (Lipinski definition) is 2. The highest BCUT2D eigenvalue weighted by molar-refractivity contribution is 7.12. The second-order valence-corrected chi connectivity index (χ2v) is 9.03. The third-order valence-electron chi connectivity index (χ3n) is 5.95. The summed E-state index contributed by atoms with van der Waals surface area (Å²) in [6, 6.07) is 13.3. The predicted octanol–water partition coefficient (Wildman–Crippen LogP) is 3.32. The van der Waals surface area contributed by atoms with Crippen LogP contribution >= 0.6 is 11.3 Å². The van der Waals surface area contributed by atoms with Crippen molar-refractivity contribution in [3.63, 3.8) is 0 Å². The monoisotopic (exact) mass is 481 g/mol. The van der Waals surface area contributed by atoms with E-state index in [0.717, 1.165) is 0 Å². The Kier molecular flexibility index (Phi) is 7.64. The van der Waals surface area contributed by atoms with Gasteiger partial charge in [0, 0.05) is 18.7 Å². The van der Waals surface area contributed by atoms with Crippen LogP contribution in [0, 0.1) is 5.92 Å². The van der Waals surface area contributed by atoms with Crippen molar-refractivity contribution in [2.45, 2.75) is 25.4 Å². The molecule has 0 radical (unpaired) electrons. The second kappa shape index (κ2) is 11.0. The number of carbonyl (C=O) groups is 3. The smallest absolute Gasteiger partial charge is 0.263 e. The van der Waals surface area contributed by atoms with E-state index in [9.17, 15) is 14.4 Å². The lowest BCUT2D eigenvalue weighted by Crippen LogP contribution is -2.53. The Balaban J connectivity index is 1.45. The summed E-state index contributed by atoms with van der Waals surface area (Å²) in [6.07, 6.45) is 2.76. The maximum absolute atomic E-state index is 13.2. The van der Waals surface area contributed by atoms with Crippen molar-refractivity contribution < 1.29 is 23.5 Å². The molecule has 2 N–H and O–H groups in total. The van der Waals surface area contributed by atoms with Crippen molar-refractivity contribution in [3.8, 4) is 5.75 Å². The summed E-state index contributed by atoms with van der Waals surface area (Å²) in [5.74, 6) is 0.450. The summed E-state index contributed by atoms with van der Waals surface area (Å²) in [7, 11) is 1.53. The van der Waals surface area contributed by atoms with Crippen LogP contribution in [0.5, 0.6) is 5.75 Å². The van der Waals surface area contributed by atoms with Crippen LogP contribution in [-0.2, 0) is 11.3 Å². The number of hydrogen-bond acceptors (Lipinski definition) is 6. The topological polar surface area (TPSA) is 101 Å². The quantitative estimate of drug-likeness (QED) is 0.514. The SMILES string of the molecule is COc1cccc(C(=O)N[C@@H](C(=O)NCc2ccco2)C2CCN(C(=O)c3cccs3)CC2)c1. The molecule has 34 heavy (non-hydrogen) atoms. The van der Waals surface area contributed by atoms with Crippen molar-refractivity contribution in [2.24, 2.45) is 5.92 Å². The lowest BCUT2D eigenvalue weighted by atomic mass is 9.88. The zero-order chi connectivity index (χ0) is 23.9. The first kappa shape index (κ1) is 23.6. The van der Waals surface area contributed by atoms with Gasteiger partial charge in [0.25, 0.3) is 11.8 Å². The third-order valence-corrected chi connectivity index (χ3v) is 6.81. The fourth-order valence-corrected chi connectivity index (χ4v) is 4.77. The van der Waals surface area contributed by atoms with Crippen LogP contribution in [0.25, 0.3) is 0 Å². The van der Waals surface area contributed by atoms with Gasteiger partial charge in [-0.05, 0) is 60.5 Å². The van der Waals surface area contributed by atoms with E-state index < -0.39 is 6.04 Å². The molecule has 1 aliphatic rings. The fraction of sp³-hybridized carbons (Fsp3) is 0.320. The van der Waals surface area contributed by atoms with E-state index in [4.69, 9.17) is 9.15 Å². The molecule has 9 heteroatoms. The van der Waals surface area contributed by atoms with Gasteiger partial charge >= 0.3 is 0 Å². The Morgan fingerprint density at radius 1 is 1.15 bits per heavy atom. The summed E-state index contributed by atoms with van der Waals surface area (Å²) >= 11 is 1.42. The van der Waals surface area contributed by atoms with E-state index in [0.29, 0.717) is 47.9 Å². The molecule has 178 valence electrons. The first-order valence-electron chi connectivity index (χ1n) is 11.1. The van der Waals surface area contributed by atoms with Crippen molar-refractivity contribution in [1.29, 1.82) is 0 Å². The zero-order valence-corrected chi connectivity index (χ0v) is 19.7. The van der Waals surface area contributed by atoms with Crippen LogP contribution in [0.2, 0.25) is 0 Å². The number of amides is 3. The molecule has 0 bridgehead atoms. The number of piperidine rings is 1. The standard InChI is InChI=1S/C25H27N3O5S/c1-32-19-6-2-5-18(15-19)23(29)27-22(24(30)26-16-20-7-3-13-33-20)17-9-11-28(12-10-17)25(31)21-8-4-14-34-21/h2-8,13-15,17,22H,9-12,16H2,1H3,(H,26,30)(H,27,29)/t22-/m1/s1. The van der Waals surface area contributed by atoms with Gasteiger partial charge < -0.3 is 24.7 Å². The number of likely N-dealkylation sites (tertiary alicyclic amines) is 1. The number of thiophene rings is 1. The molecule has 3 heterocycles. The van der Waals surface area contributed by atoms with Gasteiger partial charge in [0.2, 0.25) is 5.91 Å². The minimum Gasteiger partial charge on any atom is -0.497 e. The van der Waals surface area contributed by atoms with Crippen LogP contribution in [0.1, 0.15) is 38.6 Å². The van der Waals surface area contributed by atoms with E-state index in [1.165, 1.54) is 18.4 Å². The van der Waals surface area contributed by atoms with Gasteiger partial charge in [-0.15, -0.1) is 11.3 Å². The maximum Gasteiger partial charge on any atom is 0.263 e. The van der Waals surface area contributed by atoms with Crippen LogP contribution in [-0.4, -0.2) is 48.9 Å². The summed E-state index contributed by atoms with van der Waals surface area (Å²) in [5.41, 5.74) is 0.411. The van der Waals surface area contributed by atoms with Gasteiger partial charge in [-0.3, -0.25) is 14.4 Å². The normalized spacial score (nSPS) is 14.9. The van der Waals surface area contributed by atoms with Crippen LogP contribution in [0.3, 0.4) is 0 Å². The summed E-state index contributed by atoms with van der Waals surface area (Å²) in [5, 5.41) is 7.67. The summed E-state index contributed by atoms with van der Waals surface area (Å²) in [6.45, 7) is 1.28. The number of rotatable bonds is 8. The lowest BCUT2D eigenvalue weighted by Gasteiger charge is -2.35. The second-order valence-electron chi connectivity index (χ2n) is 8.09. The van der Waals surface area contributed by atoms with Gasteiger partial charge in [-0.2, -0.15) is 0 Å². The average Bonchev–Trinajstić information content (AvgIpc) is 3.60. The van der Waals surface area contributed by atoms with Crippen molar-refractivity contribution in [2.75, 3.05) is 20.2 Å². The molecule has 4 rings (SSSR count). The number of methoxy groups -OCH3 is 1. The number of nitrogens with zero attached hydrogens (tertiary/aromatic N) is 1. The van der Waals surface area contributed by atoms with E-state index >= 15 is 0 Å². The van der Waals surface area contributed by atoms with Gasteiger partial charge in [0.05, 0.1) is 24.8 Å². The van der Waals surface area contributed by atoms with E-state index in [2.05, 4.69) is 10.6 Å². The molecule has 1 aliphatic heterocycles. The van der Waals surface area contributed by atoms with Crippen molar-refractivity contribution in [1.82, 2.24) is 15.5 Å². The van der Waals surface area contributed by atoms with Crippen LogP contribution < -0.4 is 15.4 Å². The molecule has 0 saturated carbocycles. The highest BCUT2D eigenvalue weighted by Crippen LogP contribution is 2.24. The molecule has 0 spiro atoms. The number of carbonyl (C=O) groups excluding carboxylic acids is 3. The molecule has 1 aromatic carbocycles. The zero-order valence-electron chi connectivity index (χ0n) is 18.9. The Morgan fingerprint density at radius 3 is 2.65 bits per heavy atom.